The molecule has 1 saturated heterocycles. The van der Waals surface area contributed by atoms with Gasteiger partial charge in [0.25, 0.3) is 0 Å². The number of alkyl halides is 6. The van der Waals surface area contributed by atoms with E-state index in [2.05, 4.69) is 25.5 Å². The number of aromatic nitrogens is 2. The highest BCUT2D eigenvalue weighted by Gasteiger charge is 2.34. The number of nitrogens with two attached hydrogens (primary N) is 1. The summed E-state index contributed by atoms with van der Waals surface area (Å²) < 4.78 is 77.9. The molecule has 0 spiro atoms. The number of halogens is 8. The Morgan fingerprint density at radius 2 is 1.55 bits per heavy atom. The van der Waals surface area contributed by atoms with E-state index in [1.165, 1.54) is 0 Å². The lowest BCUT2D eigenvalue weighted by Crippen LogP contribution is -2.46. The number of anilines is 4. The van der Waals surface area contributed by atoms with Gasteiger partial charge >= 0.3 is 18.4 Å². The van der Waals surface area contributed by atoms with E-state index in [1.54, 1.807) is 29.2 Å². The van der Waals surface area contributed by atoms with Crippen LogP contribution < -0.4 is 21.3 Å². The van der Waals surface area contributed by atoms with E-state index in [9.17, 15) is 31.1 Å². The Kier molecular flexibility index (Phi) is 9.59. The number of hydrogen-bond donors (Lipinski definition) is 3. The van der Waals surface area contributed by atoms with Gasteiger partial charge in [-0.3, -0.25) is 4.90 Å². The molecule has 1 aliphatic rings. The number of nitrogens with one attached hydrogen (secondary N) is 2. The summed E-state index contributed by atoms with van der Waals surface area (Å²) in [6.45, 7) is 2.55. The molecule has 0 atom stereocenters. The number of piperazine rings is 1. The van der Waals surface area contributed by atoms with Crippen molar-refractivity contribution in [2.45, 2.75) is 18.9 Å². The maximum atomic E-state index is 13.0. The fourth-order valence-corrected chi connectivity index (χ4v) is 4.09. The highest BCUT2D eigenvalue weighted by Crippen LogP contribution is 2.34. The van der Waals surface area contributed by atoms with Crippen molar-refractivity contribution in [2.75, 3.05) is 47.4 Å². The molecule has 4 N–H and O–H groups in total. The second-order valence-electron chi connectivity index (χ2n) is 8.70. The van der Waals surface area contributed by atoms with Crippen LogP contribution in [0.5, 0.6) is 0 Å². The van der Waals surface area contributed by atoms with Crippen LogP contribution in [0.1, 0.15) is 16.8 Å². The third kappa shape index (κ3) is 8.02. The van der Waals surface area contributed by atoms with Gasteiger partial charge in [-0.2, -0.15) is 31.3 Å². The largest absolute Gasteiger partial charge is 0.433 e. The van der Waals surface area contributed by atoms with Gasteiger partial charge in [0.1, 0.15) is 5.82 Å². The number of nitrogen functional groups attached to an aromatic ring is 1. The van der Waals surface area contributed by atoms with Gasteiger partial charge in [0.05, 0.1) is 16.3 Å². The molecule has 2 heterocycles. The summed E-state index contributed by atoms with van der Waals surface area (Å²) >= 11 is 5.91. The molecular formula is C24H23Cl2F6N7O. The van der Waals surface area contributed by atoms with Gasteiger partial charge in [-0.25, -0.2) is 9.78 Å². The van der Waals surface area contributed by atoms with Crippen LogP contribution in [-0.2, 0) is 18.9 Å². The van der Waals surface area contributed by atoms with Gasteiger partial charge in [0, 0.05) is 44.5 Å². The number of urea groups is 1. The topological polar surface area (TPSA) is 99.4 Å². The monoisotopic (exact) mass is 609 g/mol. The molecule has 2 amide bonds. The van der Waals surface area contributed by atoms with Crippen LogP contribution in [-0.4, -0.2) is 47.1 Å². The van der Waals surface area contributed by atoms with Crippen molar-refractivity contribution >= 4 is 53.2 Å². The Morgan fingerprint density at radius 3 is 2.15 bits per heavy atom. The molecule has 0 bridgehead atoms. The highest BCUT2D eigenvalue weighted by molar-refractivity contribution is 6.33. The van der Waals surface area contributed by atoms with E-state index >= 15 is 0 Å². The smallest absolute Gasteiger partial charge is 0.368 e. The number of amides is 2. The summed E-state index contributed by atoms with van der Waals surface area (Å²) in [5.41, 5.74) is 4.57. The molecule has 1 aromatic heterocycles. The number of benzene rings is 2. The lowest BCUT2D eigenvalue weighted by atomic mass is 10.1. The quantitative estimate of drug-likeness (QED) is 0.301. The Balaban J connectivity index is 0.00000441. The minimum Gasteiger partial charge on any atom is -0.368 e. The lowest BCUT2D eigenvalue weighted by Gasteiger charge is -2.35. The Bertz CT molecular complexity index is 1330. The van der Waals surface area contributed by atoms with Crippen molar-refractivity contribution in [3.63, 3.8) is 0 Å². The lowest BCUT2D eigenvalue weighted by molar-refractivity contribution is -0.141. The summed E-state index contributed by atoms with van der Waals surface area (Å²) in [5, 5.41) is 4.80. The van der Waals surface area contributed by atoms with Crippen molar-refractivity contribution in [1.29, 1.82) is 0 Å². The Labute approximate surface area is 235 Å². The van der Waals surface area contributed by atoms with Gasteiger partial charge in [-0.1, -0.05) is 23.7 Å². The summed E-state index contributed by atoms with van der Waals surface area (Å²) in [6.07, 6.45) is -9.21. The highest BCUT2D eigenvalue weighted by atomic mass is 35.5. The molecule has 0 radical (unpaired) electrons. The van der Waals surface area contributed by atoms with Gasteiger partial charge in [-0.15, -0.1) is 12.4 Å². The molecule has 0 saturated carbocycles. The van der Waals surface area contributed by atoms with E-state index in [-0.39, 0.29) is 28.9 Å². The average molecular weight is 610 g/mol. The van der Waals surface area contributed by atoms with Gasteiger partial charge in [-0.05, 0) is 35.9 Å². The van der Waals surface area contributed by atoms with Crippen LogP contribution >= 0.6 is 24.0 Å². The van der Waals surface area contributed by atoms with E-state index in [0.717, 1.165) is 29.8 Å². The van der Waals surface area contributed by atoms with Crippen LogP contribution in [0.3, 0.4) is 0 Å². The van der Waals surface area contributed by atoms with E-state index in [0.29, 0.717) is 38.4 Å². The first-order valence-electron chi connectivity index (χ1n) is 11.5. The van der Waals surface area contributed by atoms with Crippen LogP contribution in [0.4, 0.5) is 54.3 Å². The van der Waals surface area contributed by atoms with Crippen LogP contribution in [0.25, 0.3) is 0 Å². The van der Waals surface area contributed by atoms with Crippen molar-refractivity contribution in [2.24, 2.45) is 0 Å². The van der Waals surface area contributed by atoms with E-state index in [1.807, 2.05) is 0 Å². The molecule has 216 valence electrons. The maximum absolute atomic E-state index is 13.0. The normalized spacial score (nSPS) is 14.4. The molecule has 0 unspecified atom stereocenters. The molecular weight excluding hydrogens is 587 g/mol. The fraction of sp³-hybridized carbons (Fsp3) is 0.292. The Hall–Kier alpha value is -3.49. The zero-order chi connectivity index (χ0) is 28.4. The number of rotatable bonds is 5. The summed E-state index contributed by atoms with van der Waals surface area (Å²) in [5.74, 6) is -0.322. The zero-order valence-electron chi connectivity index (χ0n) is 20.5. The third-order valence-electron chi connectivity index (χ3n) is 5.88. The molecule has 3 aromatic rings. The summed E-state index contributed by atoms with van der Waals surface area (Å²) in [4.78, 5) is 23.3. The van der Waals surface area contributed by atoms with Gasteiger partial charge in [0.2, 0.25) is 5.95 Å². The van der Waals surface area contributed by atoms with E-state index < -0.39 is 35.6 Å². The van der Waals surface area contributed by atoms with E-state index in [4.69, 9.17) is 17.3 Å². The fourth-order valence-electron chi connectivity index (χ4n) is 3.93. The standard InChI is InChI=1S/C24H22ClF6N7O.ClH/c25-17-6-3-15(23(26,27)28)11-18(17)34-22(39)33-16-4-1-14(2-5-16)13-37-7-9-38(10-8-37)20-12-19(24(29,30)31)35-21(32)36-20;/h1-6,11-12H,7-10,13H2,(H2,32,35,36)(H2,33,34,39);1H. The maximum Gasteiger partial charge on any atom is 0.433 e. The van der Waals surface area contributed by atoms with Gasteiger partial charge < -0.3 is 21.3 Å². The molecule has 1 fully saturated rings. The minimum atomic E-state index is -4.62. The summed E-state index contributed by atoms with van der Waals surface area (Å²) in [6, 6.07) is 9.58. The zero-order valence-corrected chi connectivity index (χ0v) is 22.1. The molecule has 8 nitrogen and oxygen atoms in total. The molecule has 16 heteroatoms. The van der Waals surface area contributed by atoms with Crippen LogP contribution in [0.2, 0.25) is 5.02 Å². The van der Waals surface area contributed by atoms with Crippen molar-refractivity contribution < 1.29 is 31.1 Å². The second-order valence-corrected chi connectivity index (χ2v) is 9.11. The molecule has 4 rings (SSSR count). The number of nitrogens with zero attached hydrogens (tertiary/aromatic N) is 4. The number of hydrogen-bond acceptors (Lipinski definition) is 6. The molecule has 0 aliphatic carbocycles. The molecule has 40 heavy (non-hydrogen) atoms. The van der Waals surface area contributed by atoms with Crippen LogP contribution in [0.15, 0.2) is 48.5 Å². The van der Waals surface area contributed by atoms with Crippen molar-refractivity contribution in [3.05, 3.63) is 70.4 Å². The first-order valence-corrected chi connectivity index (χ1v) is 11.9. The average Bonchev–Trinajstić information content (AvgIpc) is 2.85. The molecule has 2 aromatic carbocycles. The number of carbonyl (C=O) groups excluding carboxylic acids is 1. The first-order chi connectivity index (χ1) is 18.3. The number of carbonyl (C=O) groups is 1. The predicted octanol–water partition coefficient (Wildman–Crippen LogP) is 6.14. The van der Waals surface area contributed by atoms with Crippen molar-refractivity contribution in [3.8, 4) is 0 Å². The first kappa shape index (κ1) is 31.0. The van der Waals surface area contributed by atoms with Gasteiger partial charge in [0.15, 0.2) is 5.69 Å². The minimum absolute atomic E-state index is 0. The van der Waals surface area contributed by atoms with Crippen LogP contribution in [0, 0.1) is 0 Å². The third-order valence-corrected chi connectivity index (χ3v) is 6.21. The molecule has 1 aliphatic heterocycles. The SMILES string of the molecule is Cl.Nc1nc(N2CCN(Cc3ccc(NC(=O)Nc4cc(C(F)(F)F)ccc4Cl)cc3)CC2)cc(C(F)(F)F)n1. The Morgan fingerprint density at radius 1 is 0.900 bits per heavy atom. The van der Waals surface area contributed by atoms with Crippen molar-refractivity contribution in [1.82, 2.24) is 14.9 Å². The predicted molar refractivity (Wildman–Crippen MR) is 142 cm³/mol. The second kappa shape index (κ2) is 12.4. The summed E-state index contributed by atoms with van der Waals surface area (Å²) in [7, 11) is 0.